The van der Waals surface area contributed by atoms with Gasteiger partial charge in [0.1, 0.15) is 0 Å². The largest absolute Gasteiger partial charge is 0.348 e. The van der Waals surface area contributed by atoms with Gasteiger partial charge < -0.3 is 5.32 Å². The number of aromatic nitrogens is 1. The number of aryl methyl sites for hydroxylation is 1. The third kappa shape index (κ3) is 4.72. The van der Waals surface area contributed by atoms with E-state index in [2.05, 4.69) is 16.4 Å². The lowest BCUT2D eigenvalue weighted by Gasteiger charge is -2.10. The Labute approximate surface area is 160 Å². The van der Waals surface area contributed by atoms with E-state index in [1.54, 1.807) is 35.2 Å². The van der Waals surface area contributed by atoms with Gasteiger partial charge in [0.25, 0.3) is 5.91 Å². The molecule has 0 unspecified atom stereocenters. The molecule has 0 aliphatic heterocycles. The zero-order valence-corrected chi connectivity index (χ0v) is 15.9. The summed E-state index contributed by atoms with van der Waals surface area (Å²) in [7, 11) is 0. The highest BCUT2D eigenvalue weighted by atomic mass is 32.2. The first-order valence-corrected chi connectivity index (χ1v) is 9.92. The smallest absolute Gasteiger partial charge is 0.252 e. The minimum Gasteiger partial charge on any atom is -0.348 e. The second-order valence-corrected chi connectivity index (χ2v) is 7.72. The number of nitriles is 1. The van der Waals surface area contributed by atoms with Crippen LogP contribution in [0.15, 0.2) is 58.8 Å². The van der Waals surface area contributed by atoms with Crippen molar-refractivity contribution < 1.29 is 4.79 Å². The fraction of sp³-hybridized carbons (Fsp3) is 0.150. The zero-order valence-electron chi connectivity index (χ0n) is 14.2. The highest BCUT2D eigenvalue weighted by Crippen LogP contribution is 2.26. The fourth-order valence-electron chi connectivity index (χ4n) is 2.43. The molecule has 0 atom stereocenters. The molecule has 0 bridgehead atoms. The molecule has 4 nitrogen and oxygen atoms in total. The van der Waals surface area contributed by atoms with Crippen molar-refractivity contribution >= 4 is 29.0 Å². The van der Waals surface area contributed by atoms with Gasteiger partial charge in [0, 0.05) is 22.6 Å². The first-order valence-electron chi connectivity index (χ1n) is 8.06. The lowest BCUT2D eigenvalue weighted by atomic mass is 10.1. The Morgan fingerprint density at radius 1 is 1.27 bits per heavy atom. The minimum absolute atomic E-state index is 0.120. The maximum absolute atomic E-state index is 12.6. The maximum atomic E-state index is 12.6. The first-order chi connectivity index (χ1) is 12.7. The highest BCUT2D eigenvalue weighted by molar-refractivity contribution is 7.98. The van der Waals surface area contributed by atoms with Gasteiger partial charge in [-0.3, -0.25) is 4.79 Å². The summed E-state index contributed by atoms with van der Waals surface area (Å²) in [5.74, 6) is 0.615. The lowest BCUT2D eigenvalue weighted by molar-refractivity contribution is 0.0948. The van der Waals surface area contributed by atoms with E-state index in [4.69, 9.17) is 5.26 Å². The van der Waals surface area contributed by atoms with Crippen LogP contribution in [0.5, 0.6) is 0 Å². The summed E-state index contributed by atoms with van der Waals surface area (Å²) in [6.07, 6.45) is 0. The van der Waals surface area contributed by atoms with E-state index < -0.39 is 0 Å². The normalized spacial score (nSPS) is 10.3. The maximum Gasteiger partial charge on any atom is 0.252 e. The molecule has 3 aromatic rings. The molecule has 1 aromatic heterocycles. The van der Waals surface area contributed by atoms with Gasteiger partial charge in [-0.25, -0.2) is 4.98 Å². The molecule has 26 heavy (non-hydrogen) atoms. The van der Waals surface area contributed by atoms with Crippen LogP contribution in [0.4, 0.5) is 0 Å². The summed E-state index contributed by atoms with van der Waals surface area (Å²) < 4.78 is 0. The second kappa shape index (κ2) is 8.65. The summed E-state index contributed by atoms with van der Waals surface area (Å²) >= 11 is 3.24. The van der Waals surface area contributed by atoms with Crippen LogP contribution in [0.1, 0.15) is 32.2 Å². The molecule has 1 amide bonds. The van der Waals surface area contributed by atoms with Crippen molar-refractivity contribution in [3.8, 4) is 6.07 Å². The Hall–Kier alpha value is -2.62. The van der Waals surface area contributed by atoms with E-state index in [0.717, 1.165) is 26.9 Å². The molecule has 0 fully saturated rings. The van der Waals surface area contributed by atoms with E-state index >= 15 is 0 Å². The van der Waals surface area contributed by atoms with E-state index in [-0.39, 0.29) is 5.91 Å². The molecule has 0 saturated carbocycles. The van der Waals surface area contributed by atoms with Gasteiger partial charge in [-0.2, -0.15) is 5.26 Å². The van der Waals surface area contributed by atoms with Crippen LogP contribution < -0.4 is 5.32 Å². The van der Waals surface area contributed by atoms with Gasteiger partial charge >= 0.3 is 0 Å². The van der Waals surface area contributed by atoms with Crippen LogP contribution in [-0.2, 0) is 12.3 Å². The van der Waals surface area contributed by atoms with Crippen LogP contribution in [0.2, 0.25) is 0 Å². The minimum atomic E-state index is -0.120. The van der Waals surface area contributed by atoms with Gasteiger partial charge in [0.05, 0.1) is 27.9 Å². The second-order valence-electron chi connectivity index (χ2n) is 5.64. The topological polar surface area (TPSA) is 65.8 Å². The van der Waals surface area contributed by atoms with E-state index in [1.165, 1.54) is 0 Å². The van der Waals surface area contributed by atoms with Crippen LogP contribution in [0, 0.1) is 18.3 Å². The molecular formula is C20H17N3OS2. The Balaban J connectivity index is 1.66. The quantitative estimate of drug-likeness (QED) is 0.638. The number of thiazole rings is 1. The number of rotatable bonds is 6. The predicted molar refractivity (Wildman–Crippen MR) is 105 cm³/mol. The summed E-state index contributed by atoms with van der Waals surface area (Å²) in [4.78, 5) is 18.0. The summed E-state index contributed by atoms with van der Waals surface area (Å²) in [5, 5.41) is 15.0. The third-order valence-electron chi connectivity index (χ3n) is 3.68. The number of carbonyl (C=O) groups is 1. The number of hydrogen-bond donors (Lipinski definition) is 1. The molecule has 6 heteroatoms. The van der Waals surface area contributed by atoms with Gasteiger partial charge in [-0.1, -0.05) is 24.3 Å². The van der Waals surface area contributed by atoms with E-state index in [1.807, 2.05) is 48.7 Å². The molecule has 0 aliphatic carbocycles. The Kier molecular flexibility index (Phi) is 6.05. The average Bonchev–Trinajstić information content (AvgIpc) is 3.10. The van der Waals surface area contributed by atoms with Crippen LogP contribution in [0.3, 0.4) is 0 Å². The van der Waals surface area contributed by atoms with E-state index in [0.29, 0.717) is 17.7 Å². The Bertz CT molecular complexity index is 959. The first kappa shape index (κ1) is 18.2. The SMILES string of the molecule is Cc1nc(CSc2ccccc2C(=O)NCc2cccc(C#N)c2)cs1. The number of benzene rings is 2. The Morgan fingerprint density at radius 2 is 2.12 bits per heavy atom. The van der Waals surface area contributed by atoms with Crippen molar-refractivity contribution in [3.05, 3.63) is 81.3 Å². The van der Waals surface area contributed by atoms with Gasteiger partial charge in [-0.15, -0.1) is 23.1 Å². The average molecular weight is 380 g/mol. The molecule has 2 aromatic carbocycles. The number of amides is 1. The summed E-state index contributed by atoms with van der Waals surface area (Å²) in [6.45, 7) is 2.38. The summed E-state index contributed by atoms with van der Waals surface area (Å²) in [6, 6.07) is 16.9. The van der Waals surface area contributed by atoms with E-state index in [9.17, 15) is 4.79 Å². The zero-order chi connectivity index (χ0) is 18.4. The van der Waals surface area contributed by atoms with Gasteiger partial charge in [-0.05, 0) is 36.8 Å². The lowest BCUT2D eigenvalue weighted by Crippen LogP contribution is -2.23. The van der Waals surface area contributed by atoms with Crippen LogP contribution in [0.25, 0.3) is 0 Å². The number of thioether (sulfide) groups is 1. The molecule has 3 rings (SSSR count). The number of carbonyl (C=O) groups excluding carboxylic acids is 1. The predicted octanol–water partition coefficient (Wildman–Crippen LogP) is 4.55. The van der Waals surface area contributed by atoms with Crippen molar-refractivity contribution in [2.24, 2.45) is 0 Å². The van der Waals surface area contributed by atoms with Crippen molar-refractivity contribution in [2.45, 2.75) is 24.1 Å². The molecule has 0 spiro atoms. The number of nitrogens with one attached hydrogen (secondary N) is 1. The highest BCUT2D eigenvalue weighted by Gasteiger charge is 2.12. The number of nitrogens with zero attached hydrogens (tertiary/aromatic N) is 2. The van der Waals surface area contributed by atoms with Crippen LogP contribution in [-0.4, -0.2) is 10.9 Å². The monoisotopic (exact) mass is 379 g/mol. The van der Waals surface area contributed by atoms with Crippen LogP contribution >= 0.6 is 23.1 Å². The fourth-order valence-corrected chi connectivity index (χ4v) is 4.10. The van der Waals surface area contributed by atoms with Gasteiger partial charge in [0.15, 0.2) is 0 Å². The molecule has 0 saturated heterocycles. The Morgan fingerprint density at radius 3 is 2.88 bits per heavy atom. The van der Waals surface area contributed by atoms with Crippen molar-refractivity contribution in [1.29, 1.82) is 5.26 Å². The number of hydrogen-bond acceptors (Lipinski definition) is 5. The van der Waals surface area contributed by atoms with Crippen molar-refractivity contribution in [1.82, 2.24) is 10.3 Å². The van der Waals surface area contributed by atoms with Crippen molar-refractivity contribution in [3.63, 3.8) is 0 Å². The van der Waals surface area contributed by atoms with Gasteiger partial charge in [0.2, 0.25) is 0 Å². The van der Waals surface area contributed by atoms with Crippen molar-refractivity contribution in [2.75, 3.05) is 0 Å². The standard InChI is InChI=1S/C20H17N3OS2/c1-14-23-17(12-25-14)13-26-19-8-3-2-7-18(19)20(24)22-11-16-6-4-5-15(9-16)10-21/h2-9,12H,11,13H2,1H3,(H,22,24). The summed E-state index contributed by atoms with van der Waals surface area (Å²) in [5.41, 5.74) is 3.17. The molecule has 0 radical (unpaired) electrons. The molecule has 130 valence electrons. The molecule has 0 aliphatic rings. The third-order valence-corrected chi connectivity index (χ3v) is 5.61. The molecule has 1 N–H and O–H groups in total. The molecule has 1 heterocycles. The molecular weight excluding hydrogens is 362 g/mol.